The summed E-state index contributed by atoms with van der Waals surface area (Å²) >= 11 is 0. The van der Waals surface area contributed by atoms with E-state index in [2.05, 4.69) is 34.6 Å². The number of hydrogen-bond acceptors (Lipinski definition) is 6. The first-order valence-corrected chi connectivity index (χ1v) is 9.70. The molecule has 0 saturated heterocycles. The number of pyridine rings is 1. The first kappa shape index (κ1) is 21.1. The van der Waals surface area contributed by atoms with Crippen molar-refractivity contribution in [1.29, 1.82) is 0 Å². The molecule has 2 N–H and O–H groups in total. The maximum atomic E-state index is 12.5. The van der Waals surface area contributed by atoms with Crippen LogP contribution in [0.3, 0.4) is 0 Å². The maximum Gasteiger partial charge on any atom is 0.305 e. The molecule has 0 atom stereocenters. The van der Waals surface area contributed by atoms with Crippen molar-refractivity contribution in [3.05, 3.63) is 77.9 Å². The number of aromatic nitrogens is 1. The molecule has 1 aromatic carbocycles. The van der Waals surface area contributed by atoms with E-state index in [0.29, 0.717) is 18.1 Å². The molecule has 0 spiro atoms. The lowest BCUT2D eigenvalue weighted by molar-refractivity contribution is 0.0827. The van der Waals surface area contributed by atoms with Crippen LogP contribution in [0.2, 0.25) is 0 Å². The third kappa shape index (κ3) is 5.45. The Morgan fingerprint density at radius 1 is 0.967 bits per heavy atom. The molecule has 30 heavy (non-hydrogen) atoms. The number of benzene rings is 1. The third-order valence-corrected chi connectivity index (χ3v) is 4.42. The van der Waals surface area contributed by atoms with Crippen LogP contribution in [-0.2, 0) is 6.54 Å². The molecule has 0 saturated carbocycles. The first-order chi connectivity index (χ1) is 14.6. The van der Waals surface area contributed by atoms with Crippen molar-refractivity contribution in [3.63, 3.8) is 0 Å². The molecule has 8 nitrogen and oxygen atoms in total. The fourth-order valence-corrected chi connectivity index (χ4v) is 2.74. The highest BCUT2D eigenvalue weighted by molar-refractivity contribution is 5.99. The van der Waals surface area contributed by atoms with Gasteiger partial charge in [0.2, 0.25) is 5.88 Å². The summed E-state index contributed by atoms with van der Waals surface area (Å²) in [5, 5.41) is 0. The summed E-state index contributed by atoms with van der Waals surface area (Å²) in [6.45, 7) is 6.50. The van der Waals surface area contributed by atoms with E-state index in [1.165, 1.54) is 6.20 Å². The molecule has 0 bridgehead atoms. The zero-order valence-electron chi connectivity index (χ0n) is 16.9. The summed E-state index contributed by atoms with van der Waals surface area (Å²) in [4.78, 5) is 31.1. The second-order valence-electron chi connectivity index (χ2n) is 6.41. The molecule has 3 aromatic rings. The van der Waals surface area contributed by atoms with E-state index in [9.17, 15) is 9.59 Å². The molecular weight excluding hydrogens is 384 g/mol. The quantitative estimate of drug-likeness (QED) is 0.555. The van der Waals surface area contributed by atoms with Crippen molar-refractivity contribution < 1.29 is 18.7 Å². The predicted molar refractivity (Wildman–Crippen MR) is 111 cm³/mol. The molecule has 156 valence electrons. The minimum Gasteiger partial charge on any atom is -0.454 e. The van der Waals surface area contributed by atoms with Crippen molar-refractivity contribution in [2.45, 2.75) is 20.4 Å². The number of amides is 2. The number of nitrogens with one attached hydrogen (secondary N) is 2. The van der Waals surface area contributed by atoms with E-state index in [-0.39, 0.29) is 17.2 Å². The molecule has 2 amide bonds. The normalized spacial score (nSPS) is 10.6. The van der Waals surface area contributed by atoms with Gasteiger partial charge >= 0.3 is 5.91 Å². The van der Waals surface area contributed by atoms with Crippen LogP contribution in [-0.4, -0.2) is 34.8 Å². The molecule has 0 aliphatic rings. The fourth-order valence-electron chi connectivity index (χ4n) is 2.74. The SMILES string of the molecule is CCN(CC)Cc1ccc(C(=O)NNC(=O)c2cccnc2Oc2ccccc2)o1. The average Bonchev–Trinajstić information content (AvgIpc) is 3.25. The Morgan fingerprint density at radius 2 is 1.70 bits per heavy atom. The van der Waals surface area contributed by atoms with Crippen LogP contribution in [0.1, 0.15) is 40.5 Å². The highest BCUT2D eigenvalue weighted by atomic mass is 16.5. The fraction of sp³-hybridized carbons (Fsp3) is 0.227. The van der Waals surface area contributed by atoms with Gasteiger partial charge in [0.05, 0.1) is 6.54 Å². The molecule has 3 rings (SSSR count). The van der Waals surface area contributed by atoms with E-state index < -0.39 is 11.8 Å². The summed E-state index contributed by atoms with van der Waals surface area (Å²) in [6.07, 6.45) is 1.52. The lowest BCUT2D eigenvalue weighted by Crippen LogP contribution is -2.41. The average molecular weight is 408 g/mol. The van der Waals surface area contributed by atoms with Crippen LogP contribution >= 0.6 is 0 Å². The number of carbonyl (C=O) groups is 2. The lowest BCUT2D eigenvalue weighted by atomic mass is 10.2. The second-order valence-corrected chi connectivity index (χ2v) is 6.41. The van der Waals surface area contributed by atoms with E-state index in [1.54, 1.807) is 36.4 Å². The van der Waals surface area contributed by atoms with E-state index in [1.807, 2.05) is 18.2 Å². The Bertz CT molecular complexity index is 984. The van der Waals surface area contributed by atoms with Gasteiger partial charge in [-0.25, -0.2) is 4.98 Å². The lowest BCUT2D eigenvalue weighted by Gasteiger charge is -2.15. The molecule has 8 heteroatoms. The van der Waals surface area contributed by atoms with E-state index in [4.69, 9.17) is 9.15 Å². The molecule has 2 heterocycles. The van der Waals surface area contributed by atoms with Gasteiger partial charge in [0, 0.05) is 6.20 Å². The van der Waals surface area contributed by atoms with Crippen molar-refractivity contribution in [2.24, 2.45) is 0 Å². The first-order valence-electron chi connectivity index (χ1n) is 9.70. The summed E-state index contributed by atoms with van der Waals surface area (Å²) in [7, 11) is 0. The van der Waals surface area contributed by atoms with Gasteiger partial charge in [0.15, 0.2) is 5.76 Å². The van der Waals surface area contributed by atoms with Gasteiger partial charge in [-0.2, -0.15) is 0 Å². The Morgan fingerprint density at radius 3 is 2.43 bits per heavy atom. The van der Waals surface area contributed by atoms with Crippen molar-refractivity contribution in [2.75, 3.05) is 13.1 Å². The Balaban J connectivity index is 1.61. The molecule has 0 unspecified atom stereocenters. The van der Waals surface area contributed by atoms with Gasteiger partial charge in [-0.05, 0) is 49.5 Å². The number of rotatable bonds is 8. The monoisotopic (exact) mass is 408 g/mol. The largest absolute Gasteiger partial charge is 0.454 e. The predicted octanol–water partition coefficient (Wildman–Crippen LogP) is 3.38. The van der Waals surface area contributed by atoms with E-state index in [0.717, 1.165) is 13.1 Å². The van der Waals surface area contributed by atoms with Crippen LogP contribution < -0.4 is 15.6 Å². The Labute approximate surface area is 174 Å². The third-order valence-electron chi connectivity index (χ3n) is 4.42. The number of para-hydroxylation sites is 1. The number of carbonyl (C=O) groups excluding carboxylic acids is 2. The van der Waals surface area contributed by atoms with E-state index >= 15 is 0 Å². The topological polar surface area (TPSA) is 96.7 Å². The minimum absolute atomic E-state index is 0.115. The highest BCUT2D eigenvalue weighted by Crippen LogP contribution is 2.22. The maximum absolute atomic E-state index is 12.5. The smallest absolute Gasteiger partial charge is 0.305 e. The van der Waals surface area contributed by atoms with Gasteiger partial charge in [-0.3, -0.25) is 25.3 Å². The van der Waals surface area contributed by atoms with Gasteiger partial charge in [0.1, 0.15) is 17.1 Å². The molecule has 0 aliphatic carbocycles. The van der Waals surface area contributed by atoms with Crippen molar-refractivity contribution >= 4 is 11.8 Å². The number of hydrazine groups is 1. The molecule has 0 aliphatic heterocycles. The van der Waals surface area contributed by atoms with Crippen LogP contribution in [0.4, 0.5) is 0 Å². The van der Waals surface area contributed by atoms with Gasteiger partial charge in [-0.15, -0.1) is 0 Å². The van der Waals surface area contributed by atoms with Crippen LogP contribution in [0.25, 0.3) is 0 Å². The zero-order valence-corrected chi connectivity index (χ0v) is 16.9. The summed E-state index contributed by atoms with van der Waals surface area (Å²) in [6, 6.07) is 15.5. The number of hydrogen-bond donors (Lipinski definition) is 2. The minimum atomic E-state index is -0.558. The van der Waals surface area contributed by atoms with Crippen molar-refractivity contribution in [1.82, 2.24) is 20.7 Å². The van der Waals surface area contributed by atoms with Crippen LogP contribution in [0.15, 0.2) is 65.2 Å². The Hall–Kier alpha value is -3.65. The Kier molecular flexibility index (Phi) is 7.18. The standard InChI is InChI=1S/C22H24N4O4/c1-3-26(4-2)15-17-12-13-19(29-17)21(28)25-24-20(27)18-11-8-14-23-22(18)30-16-9-6-5-7-10-16/h5-14H,3-4,15H2,1-2H3,(H,24,27)(H,25,28). The molecule has 0 radical (unpaired) electrons. The van der Waals surface area contributed by atoms with Gasteiger partial charge < -0.3 is 9.15 Å². The molecule has 2 aromatic heterocycles. The number of furan rings is 1. The van der Waals surface area contributed by atoms with Gasteiger partial charge in [0.25, 0.3) is 5.91 Å². The zero-order chi connectivity index (χ0) is 21.3. The number of ether oxygens (including phenoxy) is 1. The second kappa shape index (κ2) is 10.2. The van der Waals surface area contributed by atoms with Crippen LogP contribution in [0, 0.1) is 0 Å². The van der Waals surface area contributed by atoms with Crippen molar-refractivity contribution in [3.8, 4) is 11.6 Å². The summed E-state index contributed by atoms with van der Waals surface area (Å²) in [5.41, 5.74) is 4.90. The van der Waals surface area contributed by atoms with Gasteiger partial charge in [-0.1, -0.05) is 32.0 Å². The number of nitrogens with zero attached hydrogens (tertiary/aromatic N) is 2. The highest BCUT2D eigenvalue weighted by Gasteiger charge is 2.17. The summed E-state index contributed by atoms with van der Waals surface area (Å²) < 4.78 is 11.3. The van der Waals surface area contributed by atoms with Crippen LogP contribution in [0.5, 0.6) is 11.6 Å². The molecular formula is C22H24N4O4. The molecule has 0 fully saturated rings. The summed E-state index contributed by atoms with van der Waals surface area (Å²) in [5.74, 6) is 0.367.